The van der Waals surface area contributed by atoms with E-state index in [1.54, 1.807) is 5.57 Å². The van der Waals surface area contributed by atoms with Gasteiger partial charge >= 0.3 is 0 Å². The summed E-state index contributed by atoms with van der Waals surface area (Å²) in [6.07, 6.45) is 13.6. The van der Waals surface area contributed by atoms with E-state index in [1.165, 1.54) is 44.9 Å². The summed E-state index contributed by atoms with van der Waals surface area (Å²) in [7, 11) is 0. The van der Waals surface area contributed by atoms with E-state index >= 15 is 0 Å². The van der Waals surface area contributed by atoms with Gasteiger partial charge in [-0.3, -0.25) is 0 Å². The maximum Gasteiger partial charge on any atom is 0.169 e. The van der Waals surface area contributed by atoms with Gasteiger partial charge in [-0.05, 0) is 69.1 Å². The summed E-state index contributed by atoms with van der Waals surface area (Å²) in [6, 6.07) is 0. The molecular formula is C23H34O3. The second-order valence-electron chi connectivity index (χ2n) is 10.7. The van der Waals surface area contributed by atoms with Gasteiger partial charge in [0.2, 0.25) is 0 Å². The topological polar surface area (TPSA) is 31.0 Å². The van der Waals surface area contributed by atoms with E-state index in [0.29, 0.717) is 23.4 Å². The molecule has 6 rings (SSSR count). The van der Waals surface area contributed by atoms with Crippen LogP contribution in [0.1, 0.15) is 72.1 Å². The molecule has 3 nitrogen and oxygen atoms in total. The van der Waals surface area contributed by atoms with E-state index in [9.17, 15) is 0 Å². The van der Waals surface area contributed by atoms with E-state index in [-0.39, 0.29) is 11.0 Å². The molecule has 0 aromatic carbocycles. The number of allylic oxidation sites excluding steroid dienone is 2. The molecular weight excluding hydrogens is 324 g/mol. The van der Waals surface area contributed by atoms with Crippen molar-refractivity contribution in [3.05, 3.63) is 11.6 Å². The average Bonchev–Trinajstić information content (AvgIpc) is 3.06. The Hall–Kier alpha value is -0.380. The first-order valence-electron chi connectivity index (χ1n) is 11.1. The average molecular weight is 359 g/mol. The van der Waals surface area contributed by atoms with Gasteiger partial charge in [0.15, 0.2) is 5.79 Å². The molecule has 26 heavy (non-hydrogen) atoms. The van der Waals surface area contributed by atoms with Crippen LogP contribution in [0.4, 0.5) is 0 Å². The van der Waals surface area contributed by atoms with Gasteiger partial charge < -0.3 is 14.2 Å². The first-order chi connectivity index (χ1) is 12.4. The van der Waals surface area contributed by atoms with Crippen LogP contribution in [0.2, 0.25) is 0 Å². The van der Waals surface area contributed by atoms with Gasteiger partial charge in [0, 0.05) is 11.3 Å². The van der Waals surface area contributed by atoms with Crippen LogP contribution in [0.15, 0.2) is 11.6 Å². The summed E-state index contributed by atoms with van der Waals surface area (Å²) >= 11 is 0. The van der Waals surface area contributed by atoms with Crippen LogP contribution in [0.25, 0.3) is 0 Å². The van der Waals surface area contributed by atoms with Gasteiger partial charge in [0.05, 0.1) is 19.3 Å². The number of rotatable bonds is 1. The molecule has 0 aromatic heterocycles. The molecule has 5 fully saturated rings. The van der Waals surface area contributed by atoms with Crippen molar-refractivity contribution in [2.24, 2.45) is 28.6 Å². The van der Waals surface area contributed by atoms with Crippen LogP contribution in [0.3, 0.4) is 0 Å². The predicted octanol–water partition coefficient (Wildman–Crippen LogP) is 4.85. The molecule has 3 saturated carbocycles. The molecule has 7 atom stereocenters. The van der Waals surface area contributed by atoms with Gasteiger partial charge in [-0.25, -0.2) is 0 Å². The predicted molar refractivity (Wildman–Crippen MR) is 99.6 cm³/mol. The van der Waals surface area contributed by atoms with Crippen LogP contribution in [0, 0.1) is 28.6 Å². The van der Waals surface area contributed by atoms with Crippen molar-refractivity contribution in [3.8, 4) is 0 Å². The van der Waals surface area contributed by atoms with E-state index in [0.717, 1.165) is 25.6 Å². The van der Waals surface area contributed by atoms with Gasteiger partial charge in [-0.1, -0.05) is 31.9 Å². The number of epoxide rings is 1. The van der Waals surface area contributed by atoms with Crippen molar-refractivity contribution in [3.63, 3.8) is 0 Å². The minimum atomic E-state index is -0.393. The molecule has 3 heteroatoms. The first kappa shape index (κ1) is 16.6. The Morgan fingerprint density at radius 3 is 2.62 bits per heavy atom. The molecule has 1 spiro atoms. The molecule has 2 saturated heterocycles. The first-order valence-corrected chi connectivity index (χ1v) is 11.1. The molecule has 0 N–H and O–H groups in total. The lowest BCUT2D eigenvalue weighted by atomic mass is 9.46. The second kappa shape index (κ2) is 4.96. The zero-order valence-corrected chi connectivity index (χ0v) is 16.7. The van der Waals surface area contributed by atoms with Gasteiger partial charge in [-0.2, -0.15) is 0 Å². The zero-order valence-electron chi connectivity index (χ0n) is 16.7. The third kappa shape index (κ3) is 1.73. The van der Waals surface area contributed by atoms with Crippen molar-refractivity contribution in [1.82, 2.24) is 0 Å². The number of ether oxygens (including phenoxy) is 3. The third-order valence-corrected chi connectivity index (χ3v) is 9.94. The summed E-state index contributed by atoms with van der Waals surface area (Å²) in [4.78, 5) is 0. The van der Waals surface area contributed by atoms with Crippen LogP contribution < -0.4 is 0 Å². The largest absolute Gasteiger partial charge is 0.365 e. The highest BCUT2D eigenvalue weighted by molar-refractivity contribution is 5.33. The Balaban J connectivity index is 1.39. The van der Waals surface area contributed by atoms with Crippen molar-refractivity contribution >= 4 is 0 Å². The normalized spacial score (nSPS) is 56.8. The summed E-state index contributed by atoms with van der Waals surface area (Å²) in [6.45, 7) is 8.79. The van der Waals surface area contributed by atoms with Crippen molar-refractivity contribution in [2.75, 3.05) is 13.2 Å². The molecule has 6 aliphatic rings. The van der Waals surface area contributed by atoms with Gasteiger partial charge in [-0.15, -0.1) is 0 Å². The minimum Gasteiger partial charge on any atom is -0.365 e. The van der Waals surface area contributed by atoms with E-state index < -0.39 is 5.79 Å². The van der Waals surface area contributed by atoms with Crippen LogP contribution in [0.5, 0.6) is 0 Å². The number of fused-ring (bicyclic) bond motifs is 3. The third-order valence-electron chi connectivity index (χ3n) is 9.94. The summed E-state index contributed by atoms with van der Waals surface area (Å²) in [5.41, 5.74) is 2.53. The number of hydrogen-bond acceptors (Lipinski definition) is 3. The molecule has 0 aromatic rings. The smallest absolute Gasteiger partial charge is 0.169 e. The highest BCUT2D eigenvalue weighted by Gasteiger charge is 2.82. The Morgan fingerprint density at radius 1 is 1.00 bits per heavy atom. The Labute approximate surface area is 157 Å². The quantitative estimate of drug-likeness (QED) is 0.496. The molecule has 4 aliphatic carbocycles. The molecule has 0 radical (unpaired) electrons. The Bertz CT molecular complexity index is 664. The van der Waals surface area contributed by atoms with Crippen LogP contribution in [-0.4, -0.2) is 30.7 Å². The minimum absolute atomic E-state index is 0.0986. The van der Waals surface area contributed by atoms with Crippen molar-refractivity contribution < 1.29 is 14.2 Å². The van der Waals surface area contributed by atoms with Gasteiger partial charge in [0.1, 0.15) is 5.60 Å². The standard InChI is InChI=1S/C23H34O3/c1-20-10-5-4-6-15(20)7-8-17-16(20)9-11-21(2)18(14-19-23(17,21)26-19)22(3)24-12-13-25-22/h7,16-19H,4-6,8-14H2,1-3H3/t16-,17+,18-,19?,20-,21+,23?/m0/s1. The molecule has 2 aliphatic heterocycles. The lowest BCUT2D eigenvalue weighted by Crippen LogP contribution is -2.58. The molecule has 144 valence electrons. The molecule has 2 heterocycles. The molecule has 0 bridgehead atoms. The Kier molecular flexibility index (Phi) is 3.16. The lowest BCUT2D eigenvalue weighted by Gasteiger charge is -2.58. The van der Waals surface area contributed by atoms with Crippen LogP contribution >= 0.6 is 0 Å². The fourth-order valence-corrected chi connectivity index (χ4v) is 8.66. The SMILES string of the molecule is CC1([C@H]2CC3OC34[C@@H]3CC=C5CCCC[C@]5(C)[C@H]3CC[C@]24C)OCCO1. The van der Waals surface area contributed by atoms with Crippen LogP contribution in [-0.2, 0) is 14.2 Å². The second-order valence-corrected chi connectivity index (χ2v) is 10.7. The lowest BCUT2D eigenvalue weighted by molar-refractivity contribution is -0.229. The fraction of sp³-hybridized carbons (Fsp3) is 0.913. The maximum absolute atomic E-state index is 6.64. The Morgan fingerprint density at radius 2 is 1.81 bits per heavy atom. The fourth-order valence-electron chi connectivity index (χ4n) is 8.66. The van der Waals surface area contributed by atoms with E-state index in [2.05, 4.69) is 26.8 Å². The highest BCUT2D eigenvalue weighted by atomic mass is 16.7. The summed E-state index contributed by atoms with van der Waals surface area (Å²) in [5, 5.41) is 0. The summed E-state index contributed by atoms with van der Waals surface area (Å²) in [5.74, 6) is 1.60. The van der Waals surface area contributed by atoms with E-state index in [4.69, 9.17) is 14.2 Å². The maximum atomic E-state index is 6.64. The monoisotopic (exact) mass is 358 g/mol. The van der Waals surface area contributed by atoms with Gasteiger partial charge in [0.25, 0.3) is 0 Å². The number of hydrogen-bond donors (Lipinski definition) is 0. The summed E-state index contributed by atoms with van der Waals surface area (Å²) < 4.78 is 18.9. The van der Waals surface area contributed by atoms with Crippen molar-refractivity contribution in [1.29, 1.82) is 0 Å². The molecule has 2 unspecified atom stereocenters. The van der Waals surface area contributed by atoms with E-state index in [1.807, 2.05) is 0 Å². The highest BCUT2D eigenvalue weighted by Crippen LogP contribution is 2.77. The molecule has 0 amide bonds. The zero-order chi connectivity index (χ0) is 17.8. The van der Waals surface area contributed by atoms with Crippen molar-refractivity contribution in [2.45, 2.75) is 89.6 Å².